The number of hydrogen-bond acceptors (Lipinski definition) is 5. The molecule has 0 spiro atoms. The van der Waals surface area contributed by atoms with Crippen LogP contribution in [0.2, 0.25) is 0 Å². The van der Waals surface area contributed by atoms with E-state index in [-0.39, 0.29) is 24.5 Å². The zero-order valence-corrected chi connectivity index (χ0v) is 15.6. The summed E-state index contributed by atoms with van der Waals surface area (Å²) in [5.74, 6) is -1.43. The molecule has 1 fully saturated rings. The second-order valence-corrected chi connectivity index (χ2v) is 8.18. The van der Waals surface area contributed by atoms with Crippen LogP contribution in [0.5, 0.6) is 5.75 Å². The van der Waals surface area contributed by atoms with Crippen molar-refractivity contribution in [3.8, 4) is 5.75 Å². The van der Waals surface area contributed by atoms with Crippen LogP contribution in [-0.4, -0.2) is 44.5 Å². The Morgan fingerprint density at radius 2 is 1.81 bits per heavy atom. The number of hydrogen-bond donors (Lipinski definition) is 0. The molecule has 0 amide bonds. The Labute approximate surface area is 157 Å². The molecule has 1 saturated heterocycles. The van der Waals surface area contributed by atoms with Crippen molar-refractivity contribution in [2.24, 2.45) is 0 Å². The van der Waals surface area contributed by atoms with E-state index in [9.17, 15) is 17.6 Å². The zero-order valence-electron chi connectivity index (χ0n) is 14.7. The summed E-state index contributed by atoms with van der Waals surface area (Å²) in [5, 5.41) is 0. The summed E-state index contributed by atoms with van der Waals surface area (Å²) in [6.07, 6.45) is -0.564. The number of halogens is 1. The van der Waals surface area contributed by atoms with Gasteiger partial charge in [0.15, 0.2) is 11.6 Å². The fraction of sp³-hybridized carbons (Fsp3) is 0.316. The Morgan fingerprint density at radius 3 is 2.48 bits per heavy atom. The molecule has 0 radical (unpaired) electrons. The molecule has 2 atom stereocenters. The molecule has 1 aliphatic heterocycles. The van der Waals surface area contributed by atoms with Crippen LogP contribution in [-0.2, 0) is 25.3 Å². The van der Waals surface area contributed by atoms with Gasteiger partial charge < -0.3 is 9.47 Å². The second kappa shape index (κ2) is 8.06. The summed E-state index contributed by atoms with van der Waals surface area (Å²) in [4.78, 5) is 12.1. The molecule has 0 unspecified atom stereocenters. The minimum atomic E-state index is -3.79. The lowest BCUT2D eigenvalue weighted by Crippen LogP contribution is -2.41. The number of sulfonamides is 1. The average molecular weight is 393 g/mol. The number of rotatable bonds is 6. The molecule has 3 rings (SSSR count). The summed E-state index contributed by atoms with van der Waals surface area (Å²) in [7, 11) is -2.59. The van der Waals surface area contributed by atoms with Crippen LogP contribution in [0.3, 0.4) is 0 Å². The third-order valence-electron chi connectivity index (χ3n) is 4.37. The molecule has 27 heavy (non-hydrogen) atoms. The number of ether oxygens (including phenoxy) is 2. The molecule has 2 aromatic rings. The molecular formula is C19H20FNO5S. The van der Waals surface area contributed by atoms with Gasteiger partial charge in [-0.15, -0.1) is 0 Å². The van der Waals surface area contributed by atoms with E-state index in [1.54, 1.807) is 36.4 Å². The summed E-state index contributed by atoms with van der Waals surface area (Å²) >= 11 is 0. The highest BCUT2D eigenvalue weighted by Gasteiger charge is 2.45. The highest BCUT2D eigenvalue weighted by molar-refractivity contribution is 7.88. The van der Waals surface area contributed by atoms with Gasteiger partial charge in [-0.3, -0.25) is 4.79 Å². The van der Waals surface area contributed by atoms with Gasteiger partial charge in [-0.2, -0.15) is 4.31 Å². The molecule has 2 aromatic carbocycles. The molecule has 0 saturated carbocycles. The highest BCUT2D eigenvalue weighted by Crippen LogP contribution is 2.28. The van der Waals surface area contributed by atoms with Gasteiger partial charge in [-0.1, -0.05) is 42.5 Å². The first-order valence-electron chi connectivity index (χ1n) is 8.43. The van der Waals surface area contributed by atoms with E-state index in [1.807, 2.05) is 0 Å². The smallest absolute Gasteiger partial charge is 0.324 e. The maximum absolute atomic E-state index is 13.8. The van der Waals surface area contributed by atoms with Crippen molar-refractivity contribution in [2.45, 2.75) is 24.3 Å². The molecule has 0 aliphatic carbocycles. The second-order valence-electron chi connectivity index (χ2n) is 6.26. The average Bonchev–Trinajstić information content (AvgIpc) is 3.08. The van der Waals surface area contributed by atoms with Gasteiger partial charge in [-0.05, 0) is 17.7 Å². The summed E-state index contributed by atoms with van der Waals surface area (Å²) in [6, 6.07) is 13.6. The van der Waals surface area contributed by atoms with E-state index in [1.165, 1.54) is 25.3 Å². The van der Waals surface area contributed by atoms with Crippen molar-refractivity contribution in [3.05, 3.63) is 66.0 Å². The zero-order chi connectivity index (χ0) is 19.4. The Bertz CT molecular complexity index is 903. The molecule has 144 valence electrons. The van der Waals surface area contributed by atoms with E-state index >= 15 is 0 Å². The van der Waals surface area contributed by atoms with E-state index in [4.69, 9.17) is 9.47 Å². The van der Waals surface area contributed by atoms with Gasteiger partial charge in [0.2, 0.25) is 10.0 Å². The Morgan fingerprint density at radius 1 is 1.15 bits per heavy atom. The van der Waals surface area contributed by atoms with Crippen LogP contribution in [0.1, 0.15) is 12.0 Å². The third kappa shape index (κ3) is 4.45. The van der Waals surface area contributed by atoms with Crippen LogP contribution in [0, 0.1) is 5.82 Å². The van der Waals surface area contributed by atoms with Crippen molar-refractivity contribution in [1.29, 1.82) is 0 Å². The van der Waals surface area contributed by atoms with Crippen LogP contribution in [0.25, 0.3) is 0 Å². The molecule has 0 N–H and O–H groups in total. The number of para-hydroxylation sites is 1. The van der Waals surface area contributed by atoms with Gasteiger partial charge in [0.05, 0.1) is 19.4 Å². The SMILES string of the molecule is COC(=O)[C@@H]1C[C@@H](Oc2ccccc2F)CN1S(=O)(=O)Cc1ccccc1. The van der Waals surface area contributed by atoms with E-state index < -0.39 is 34.0 Å². The highest BCUT2D eigenvalue weighted by atomic mass is 32.2. The maximum Gasteiger partial charge on any atom is 0.324 e. The Kier molecular flexibility index (Phi) is 5.76. The first-order valence-corrected chi connectivity index (χ1v) is 10.0. The lowest BCUT2D eigenvalue weighted by Gasteiger charge is -2.21. The summed E-state index contributed by atoms with van der Waals surface area (Å²) < 4.78 is 51.1. The quantitative estimate of drug-likeness (QED) is 0.705. The van der Waals surface area contributed by atoms with Crippen LogP contribution in [0.4, 0.5) is 4.39 Å². The number of methoxy groups -OCH3 is 1. The lowest BCUT2D eigenvalue weighted by atomic mass is 10.2. The van der Waals surface area contributed by atoms with Crippen molar-refractivity contribution >= 4 is 16.0 Å². The number of carbonyl (C=O) groups is 1. The van der Waals surface area contributed by atoms with Gasteiger partial charge in [0, 0.05) is 6.42 Å². The minimum Gasteiger partial charge on any atom is -0.486 e. The molecule has 0 bridgehead atoms. The van der Waals surface area contributed by atoms with Crippen LogP contribution < -0.4 is 4.74 Å². The number of carbonyl (C=O) groups excluding carboxylic acids is 1. The van der Waals surface area contributed by atoms with E-state index in [2.05, 4.69) is 0 Å². The molecule has 1 heterocycles. The van der Waals surface area contributed by atoms with Crippen LogP contribution in [0.15, 0.2) is 54.6 Å². The molecule has 0 aromatic heterocycles. The van der Waals surface area contributed by atoms with Crippen molar-refractivity contribution in [2.75, 3.05) is 13.7 Å². The first kappa shape index (κ1) is 19.3. The molecule has 1 aliphatic rings. The number of esters is 1. The Hall–Kier alpha value is -2.45. The normalized spacial score (nSPS) is 20.4. The van der Waals surface area contributed by atoms with Gasteiger partial charge in [-0.25, -0.2) is 12.8 Å². The monoisotopic (exact) mass is 393 g/mol. The van der Waals surface area contributed by atoms with E-state index in [0.29, 0.717) is 5.56 Å². The topological polar surface area (TPSA) is 72.9 Å². The maximum atomic E-state index is 13.8. The van der Waals surface area contributed by atoms with Crippen molar-refractivity contribution in [3.63, 3.8) is 0 Å². The summed E-state index contributed by atoms with van der Waals surface area (Å²) in [6.45, 7) is -0.0523. The number of benzene rings is 2. The first-order chi connectivity index (χ1) is 12.9. The number of nitrogens with zero attached hydrogens (tertiary/aromatic N) is 1. The Balaban J connectivity index is 1.81. The fourth-order valence-corrected chi connectivity index (χ4v) is 4.83. The van der Waals surface area contributed by atoms with Crippen molar-refractivity contribution < 1.29 is 27.1 Å². The van der Waals surface area contributed by atoms with Gasteiger partial charge >= 0.3 is 5.97 Å². The van der Waals surface area contributed by atoms with Crippen molar-refractivity contribution in [1.82, 2.24) is 4.31 Å². The minimum absolute atomic E-state index is 0.0217. The largest absolute Gasteiger partial charge is 0.486 e. The predicted octanol–water partition coefficient (Wildman–Crippen LogP) is 2.35. The lowest BCUT2D eigenvalue weighted by molar-refractivity contribution is -0.144. The third-order valence-corrected chi connectivity index (χ3v) is 6.19. The summed E-state index contributed by atoms with van der Waals surface area (Å²) in [5.41, 5.74) is 0.611. The predicted molar refractivity (Wildman–Crippen MR) is 97.0 cm³/mol. The van der Waals surface area contributed by atoms with Gasteiger partial charge in [0.25, 0.3) is 0 Å². The van der Waals surface area contributed by atoms with Gasteiger partial charge in [0.1, 0.15) is 12.1 Å². The molecule has 8 heteroatoms. The van der Waals surface area contributed by atoms with E-state index in [0.717, 1.165) is 4.31 Å². The molecule has 6 nitrogen and oxygen atoms in total. The standard InChI is InChI=1S/C19H20FNO5S/c1-25-19(22)17-11-15(26-18-10-6-5-9-16(18)20)12-21(17)27(23,24)13-14-7-3-2-4-8-14/h2-10,15,17H,11-13H2,1H3/t15-,17+/m1/s1. The van der Waals surface area contributed by atoms with Crippen LogP contribution >= 0.6 is 0 Å². The molecular weight excluding hydrogens is 373 g/mol. The fourth-order valence-electron chi connectivity index (χ4n) is 3.10.